The van der Waals surface area contributed by atoms with E-state index in [1.807, 2.05) is 77.1 Å². The first kappa shape index (κ1) is 22.1. The minimum atomic E-state index is -0.180. The second kappa shape index (κ2) is 9.67. The first-order valence-electron chi connectivity index (χ1n) is 11.6. The number of benzene rings is 2. The van der Waals surface area contributed by atoms with Crippen LogP contribution in [0.4, 0.5) is 5.69 Å². The van der Waals surface area contributed by atoms with Crippen LogP contribution in [0.15, 0.2) is 73.1 Å². The minimum Gasteiger partial charge on any atom is -0.379 e. The van der Waals surface area contributed by atoms with Gasteiger partial charge in [0.05, 0.1) is 24.6 Å². The average Bonchev–Trinajstić information content (AvgIpc) is 3.49. The lowest BCUT2D eigenvalue weighted by molar-refractivity contribution is 0.0342. The van der Waals surface area contributed by atoms with Gasteiger partial charge in [0.1, 0.15) is 5.56 Å². The molecule has 0 unspecified atom stereocenters. The maximum atomic E-state index is 13.5. The Morgan fingerprint density at radius 1 is 0.971 bits per heavy atom. The van der Waals surface area contributed by atoms with Gasteiger partial charge in [-0.3, -0.25) is 9.69 Å². The van der Waals surface area contributed by atoms with E-state index < -0.39 is 0 Å². The summed E-state index contributed by atoms with van der Waals surface area (Å²) in [5.74, 6) is 0.535. The third-order valence-electron chi connectivity index (χ3n) is 6.11. The Hall–Kier alpha value is -3.68. The van der Waals surface area contributed by atoms with Crippen molar-refractivity contribution in [1.82, 2.24) is 19.2 Å². The number of rotatable bonds is 6. The smallest absolute Gasteiger partial charge is 0.261 e. The van der Waals surface area contributed by atoms with Crippen molar-refractivity contribution in [2.45, 2.75) is 20.4 Å². The zero-order valence-corrected chi connectivity index (χ0v) is 19.6. The van der Waals surface area contributed by atoms with Crippen molar-refractivity contribution >= 4 is 11.6 Å². The molecule has 5 rings (SSSR count). The van der Waals surface area contributed by atoms with Crippen molar-refractivity contribution in [3.63, 3.8) is 0 Å². The van der Waals surface area contributed by atoms with Gasteiger partial charge >= 0.3 is 0 Å². The van der Waals surface area contributed by atoms with E-state index in [0.717, 1.165) is 44.2 Å². The molecule has 7 nitrogen and oxygen atoms in total. The quantitative estimate of drug-likeness (QED) is 0.469. The molecular weight excluding hydrogens is 426 g/mol. The van der Waals surface area contributed by atoms with Crippen molar-refractivity contribution < 1.29 is 9.53 Å². The van der Waals surface area contributed by atoms with Crippen LogP contribution in [0.5, 0.6) is 0 Å². The lowest BCUT2D eigenvalue weighted by Crippen LogP contribution is -2.35. The van der Waals surface area contributed by atoms with E-state index in [2.05, 4.69) is 29.3 Å². The molecule has 4 aromatic rings. The molecule has 0 saturated carbocycles. The maximum Gasteiger partial charge on any atom is 0.261 e. The second-order valence-electron chi connectivity index (χ2n) is 8.66. The van der Waals surface area contributed by atoms with Gasteiger partial charge in [0.15, 0.2) is 5.82 Å². The lowest BCUT2D eigenvalue weighted by atomic mass is 10.1. The highest BCUT2D eigenvalue weighted by atomic mass is 16.5. The zero-order chi connectivity index (χ0) is 23.5. The van der Waals surface area contributed by atoms with Gasteiger partial charge in [-0.2, -0.15) is 5.10 Å². The molecule has 0 radical (unpaired) electrons. The van der Waals surface area contributed by atoms with E-state index in [1.54, 1.807) is 0 Å². The molecule has 2 aromatic heterocycles. The van der Waals surface area contributed by atoms with Gasteiger partial charge in [-0.25, -0.2) is 4.68 Å². The predicted octanol–water partition coefficient (Wildman–Crippen LogP) is 4.36. The molecule has 7 heteroatoms. The van der Waals surface area contributed by atoms with Crippen LogP contribution in [0.1, 0.15) is 27.2 Å². The zero-order valence-electron chi connectivity index (χ0n) is 19.6. The van der Waals surface area contributed by atoms with Crippen LogP contribution < -0.4 is 5.32 Å². The van der Waals surface area contributed by atoms with Crippen LogP contribution in [0, 0.1) is 13.8 Å². The largest absolute Gasteiger partial charge is 0.379 e. The van der Waals surface area contributed by atoms with E-state index in [0.29, 0.717) is 17.1 Å². The van der Waals surface area contributed by atoms with E-state index in [9.17, 15) is 4.79 Å². The summed E-state index contributed by atoms with van der Waals surface area (Å²) < 4.78 is 9.18. The number of hydrogen-bond acceptors (Lipinski definition) is 4. The monoisotopic (exact) mass is 455 g/mol. The highest BCUT2D eigenvalue weighted by Crippen LogP contribution is 2.25. The summed E-state index contributed by atoms with van der Waals surface area (Å²) in [6.45, 7) is 8.28. The van der Waals surface area contributed by atoms with Crippen LogP contribution in [0.25, 0.3) is 11.5 Å². The number of nitrogens with one attached hydrogen (secondary N) is 1. The number of carbonyl (C=O) groups excluding carboxylic acids is 1. The standard InChI is InChI=1S/C27H29N5O2/c1-20-5-11-24(12-6-20)32-27(31-13-3-4-14-31)25(21(2)29-32)26(33)28-23-9-7-22(8-10-23)19-30-15-17-34-18-16-30/h3-14H,15-19H2,1-2H3,(H,28,33). The molecule has 0 bridgehead atoms. The normalized spacial score (nSPS) is 14.3. The van der Waals surface area contributed by atoms with Gasteiger partial charge in [-0.1, -0.05) is 29.8 Å². The Balaban J connectivity index is 1.41. The van der Waals surface area contributed by atoms with Crippen LogP contribution >= 0.6 is 0 Å². The second-order valence-corrected chi connectivity index (χ2v) is 8.66. The van der Waals surface area contributed by atoms with Crippen LogP contribution in [-0.4, -0.2) is 51.5 Å². The van der Waals surface area contributed by atoms with Gasteiger partial charge in [0.2, 0.25) is 0 Å². The number of aromatic nitrogens is 3. The van der Waals surface area contributed by atoms with Crippen molar-refractivity contribution in [2.75, 3.05) is 31.6 Å². The molecule has 0 spiro atoms. The molecule has 34 heavy (non-hydrogen) atoms. The summed E-state index contributed by atoms with van der Waals surface area (Å²) in [4.78, 5) is 15.8. The summed E-state index contributed by atoms with van der Waals surface area (Å²) in [5.41, 5.74) is 5.28. The highest BCUT2D eigenvalue weighted by molar-refractivity contribution is 6.07. The third-order valence-corrected chi connectivity index (χ3v) is 6.11. The Labute approximate surface area is 199 Å². The molecule has 1 saturated heterocycles. The number of amides is 1. The molecule has 174 valence electrons. The maximum absolute atomic E-state index is 13.5. The topological polar surface area (TPSA) is 64.3 Å². The van der Waals surface area contributed by atoms with E-state index in [1.165, 1.54) is 11.1 Å². The minimum absolute atomic E-state index is 0.180. The fourth-order valence-electron chi connectivity index (χ4n) is 4.27. The number of nitrogens with zero attached hydrogens (tertiary/aromatic N) is 4. The molecule has 2 aromatic carbocycles. The fraction of sp³-hybridized carbons (Fsp3) is 0.259. The van der Waals surface area contributed by atoms with Crippen LogP contribution in [-0.2, 0) is 11.3 Å². The Bertz CT molecular complexity index is 1250. The number of carbonyl (C=O) groups is 1. The Morgan fingerprint density at radius 2 is 1.65 bits per heavy atom. The van der Waals surface area contributed by atoms with Crippen molar-refractivity contribution in [3.8, 4) is 11.5 Å². The molecule has 1 fully saturated rings. The molecule has 1 aliphatic rings. The summed E-state index contributed by atoms with van der Waals surface area (Å²) in [7, 11) is 0. The van der Waals surface area contributed by atoms with Gasteiger partial charge in [0.25, 0.3) is 5.91 Å². The van der Waals surface area contributed by atoms with Crippen molar-refractivity contribution in [1.29, 1.82) is 0 Å². The van der Waals surface area contributed by atoms with Gasteiger partial charge in [-0.15, -0.1) is 0 Å². The van der Waals surface area contributed by atoms with Crippen molar-refractivity contribution in [2.24, 2.45) is 0 Å². The molecule has 1 amide bonds. The first-order valence-corrected chi connectivity index (χ1v) is 11.6. The predicted molar refractivity (Wildman–Crippen MR) is 133 cm³/mol. The van der Waals surface area contributed by atoms with Crippen LogP contribution in [0.2, 0.25) is 0 Å². The van der Waals surface area contributed by atoms with Gasteiger partial charge < -0.3 is 14.6 Å². The average molecular weight is 456 g/mol. The van der Waals surface area contributed by atoms with E-state index in [4.69, 9.17) is 9.84 Å². The molecule has 3 heterocycles. The lowest BCUT2D eigenvalue weighted by Gasteiger charge is -2.26. The molecule has 0 aliphatic carbocycles. The number of aryl methyl sites for hydroxylation is 2. The Morgan fingerprint density at radius 3 is 2.32 bits per heavy atom. The highest BCUT2D eigenvalue weighted by Gasteiger charge is 2.24. The van der Waals surface area contributed by atoms with Crippen molar-refractivity contribution in [3.05, 3.63) is 95.4 Å². The third kappa shape index (κ3) is 4.66. The van der Waals surface area contributed by atoms with Gasteiger partial charge in [0, 0.05) is 37.7 Å². The number of hydrogen-bond donors (Lipinski definition) is 1. The molecule has 0 atom stereocenters. The molecule has 1 aliphatic heterocycles. The number of morpholine rings is 1. The summed E-state index contributed by atoms with van der Waals surface area (Å²) in [5, 5.41) is 7.79. The Kier molecular flexibility index (Phi) is 6.29. The molecule has 1 N–H and O–H groups in total. The number of anilines is 1. The fourth-order valence-corrected chi connectivity index (χ4v) is 4.27. The van der Waals surface area contributed by atoms with E-state index in [-0.39, 0.29) is 5.91 Å². The van der Waals surface area contributed by atoms with Gasteiger partial charge in [-0.05, 0) is 55.8 Å². The van der Waals surface area contributed by atoms with E-state index >= 15 is 0 Å². The first-order chi connectivity index (χ1) is 16.6. The summed E-state index contributed by atoms with van der Waals surface area (Å²) >= 11 is 0. The summed E-state index contributed by atoms with van der Waals surface area (Å²) in [6.07, 6.45) is 3.86. The van der Waals surface area contributed by atoms with Crippen LogP contribution in [0.3, 0.4) is 0 Å². The SMILES string of the molecule is Cc1ccc(-n2nc(C)c(C(=O)Nc3ccc(CN4CCOCC4)cc3)c2-n2cccc2)cc1. The summed E-state index contributed by atoms with van der Waals surface area (Å²) in [6, 6.07) is 20.1. The number of ether oxygens (including phenoxy) is 1. The molecular formula is C27H29N5O2.